The van der Waals surface area contributed by atoms with Crippen LogP contribution >= 0.6 is 11.6 Å². The van der Waals surface area contributed by atoms with E-state index in [4.69, 9.17) is 11.6 Å². The number of rotatable bonds is 8. The van der Waals surface area contributed by atoms with E-state index in [1.165, 1.54) is 32.4 Å². The van der Waals surface area contributed by atoms with Gasteiger partial charge < -0.3 is 15.5 Å². The summed E-state index contributed by atoms with van der Waals surface area (Å²) in [5.41, 5.74) is 3.11. The molecule has 0 spiro atoms. The van der Waals surface area contributed by atoms with E-state index in [0.717, 1.165) is 47.2 Å². The van der Waals surface area contributed by atoms with E-state index < -0.39 is 0 Å². The molecule has 2 heterocycles. The van der Waals surface area contributed by atoms with Gasteiger partial charge in [0.25, 0.3) is 0 Å². The topological polar surface area (TPSA) is 53.1 Å². The third-order valence-electron chi connectivity index (χ3n) is 5.34. The van der Waals surface area contributed by atoms with Gasteiger partial charge in [0, 0.05) is 23.5 Å². The molecule has 0 saturated carbocycles. The van der Waals surface area contributed by atoms with E-state index in [1.807, 2.05) is 36.4 Å². The molecule has 4 rings (SSSR count). The molecule has 6 heteroatoms. The summed E-state index contributed by atoms with van der Waals surface area (Å²) in [4.78, 5) is 11.5. The lowest BCUT2D eigenvalue weighted by Crippen LogP contribution is -2.31. The molecule has 0 radical (unpaired) electrons. The average molecular weight is 422 g/mol. The summed E-state index contributed by atoms with van der Waals surface area (Å²) in [7, 11) is 0. The van der Waals surface area contributed by atoms with Gasteiger partial charge in [0.15, 0.2) is 0 Å². The number of hydrogen-bond donors (Lipinski definition) is 2. The quantitative estimate of drug-likeness (QED) is 0.448. The molecule has 1 aliphatic rings. The largest absolute Gasteiger partial charge is 0.370 e. The monoisotopic (exact) mass is 421 g/mol. The normalized spacial score (nSPS) is 14.4. The highest BCUT2D eigenvalue weighted by atomic mass is 35.5. The number of anilines is 3. The van der Waals surface area contributed by atoms with E-state index in [2.05, 4.69) is 43.7 Å². The lowest BCUT2D eigenvalue weighted by Gasteiger charge is -2.26. The highest BCUT2D eigenvalue weighted by Crippen LogP contribution is 2.26. The van der Waals surface area contributed by atoms with Crippen molar-refractivity contribution in [3.63, 3.8) is 0 Å². The molecule has 1 aromatic heterocycles. The Morgan fingerprint density at radius 2 is 1.73 bits per heavy atom. The second kappa shape index (κ2) is 10.4. The molecule has 30 heavy (non-hydrogen) atoms. The molecule has 2 N–H and O–H groups in total. The summed E-state index contributed by atoms with van der Waals surface area (Å²) in [5, 5.41) is 7.46. The second-order valence-electron chi connectivity index (χ2n) is 7.66. The van der Waals surface area contributed by atoms with Gasteiger partial charge in [-0.1, -0.05) is 42.3 Å². The minimum Gasteiger partial charge on any atom is -0.370 e. The van der Waals surface area contributed by atoms with Crippen LogP contribution in [0.25, 0.3) is 11.1 Å². The minimum absolute atomic E-state index is 0.583. The van der Waals surface area contributed by atoms with E-state index in [-0.39, 0.29) is 0 Å². The smallest absolute Gasteiger partial charge is 0.229 e. The Kier molecular flexibility index (Phi) is 7.16. The first-order valence-electron chi connectivity index (χ1n) is 10.7. The van der Waals surface area contributed by atoms with Gasteiger partial charge in [-0.3, -0.25) is 0 Å². The molecule has 156 valence electrons. The summed E-state index contributed by atoms with van der Waals surface area (Å²) in [6, 6.07) is 17.9. The Labute approximate surface area is 183 Å². The van der Waals surface area contributed by atoms with Crippen molar-refractivity contribution >= 4 is 29.1 Å². The Morgan fingerprint density at radius 1 is 0.933 bits per heavy atom. The Morgan fingerprint density at radius 3 is 2.57 bits per heavy atom. The molecule has 0 unspecified atom stereocenters. The number of nitrogens with zero attached hydrogens (tertiary/aromatic N) is 3. The molecule has 5 nitrogen and oxygen atoms in total. The van der Waals surface area contributed by atoms with E-state index in [1.54, 1.807) is 6.20 Å². The van der Waals surface area contributed by atoms with Crippen molar-refractivity contribution < 1.29 is 0 Å². The molecule has 1 saturated heterocycles. The number of benzene rings is 2. The van der Waals surface area contributed by atoms with Crippen molar-refractivity contribution in [2.24, 2.45) is 0 Å². The van der Waals surface area contributed by atoms with Gasteiger partial charge in [0.05, 0.1) is 0 Å². The van der Waals surface area contributed by atoms with Crippen LogP contribution in [-0.4, -0.2) is 41.0 Å². The first-order chi connectivity index (χ1) is 14.8. The predicted octanol–water partition coefficient (Wildman–Crippen LogP) is 5.83. The molecule has 1 aliphatic heterocycles. The van der Waals surface area contributed by atoms with Crippen molar-refractivity contribution in [3.8, 4) is 11.1 Å². The molecular formula is C24H28ClN5. The summed E-state index contributed by atoms with van der Waals surface area (Å²) in [6.07, 6.45) is 6.96. The molecule has 0 aliphatic carbocycles. The highest BCUT2D eigenvalue weighted by molar-refractivity contribution is 6.30. The van der Waals surface area contributed by atoms with Crippen LogP contribution in [-0.2, 0) is 0 Å². The Balaban J connectivity index is 1.33. The fourth-order valence-corrected chi connectivity index (χ4v) is 3.98. The van der Waals surface area contributed by atoms with E-state index >= 15 is 0 Å². The number of likely N-dealkylation sites (tertiary alicyclic amines) is 1. The van der Waals surface area contributed by atoms with Crippen molar-refractivity contribution in [2.75, 3.05) is 36.8 Å². The minimum atomic E-state index is 0.583. The van der Waals surface area contributed by atoms with Gasteiger partial charge in [0.1, 0.15) is 5.82 Å². The third kappa shape index (κ3) is 5.94. The van der Waals surface area contributed by atoms with Crippen LogP contribution in [0.2, 0.25) is 5.02 Å². The number of hydrogen-bond acceptors (Lipinski definition) is 5. The lowest BCUT2D eigenvalue weighted by molar-refractivity contribution is 0.228. The van der Waals surface area contributed by atoms with Crippen molar-refractivity contribution in [3.05, 3.63) is 65.8 Å². The first kappa shape index (κ1) is 20.6. The second-order valence-corrected chi connectivity index (χ2v) is 8.10. The molecule has 0 amide bonds. The zero-order valence-corrected chi connectivity index (χ0v) is 17.9. The summed E-state index contributed by atoms with van der Waals surface area (Å²) in [5.74, 6) is 1.43. The van der Waals surface area contributed by atoms with Crippen molar-refractivity contribution in [1.29, 1.82) is 0 Å². The van der Waals surface area contributed by atoms with Crippen molar-refractivity contribution in [1.82, 2.24) is 14.9 Å². The number of aromatic nitrogens is 2. The van der Waals surface area contributed by atoms with Crippen LogP contribution in [0.3, 0.4) is 0 Å². The van der Waals surface area contributed by atoms with Crippen LogP contribution in [0.4, 0.5) is 17.5 Å². The predicted molar refractivity (Wildman–Crippen MR) is 126 cm³/mol. The maximum Gasteiger partial charge on any atom is 0.229 e. The van der Waals surface area contributed by atoms with Crippen LogP contribution < -0.4 is 10.6 Å². The summed E-state index contributed by atoms with van der Waals surface area (Å²) in [6.45, 7) is 4.56. The van der Waals surface area contributed by atoms with Gasteiger partial charge in [-0.05, 0) is 80.4 Å². The SMILES string of the molecule is Clc1cccc(-c2cccc(Nc3nccc(NCCCN4CCCCC4)n3)c2)c1. The van der Waals surface area contributed by atoms with Gasteiger partial charge in [-0.15, -0.1) is 0 Å². The van der Waals surface area contributed by atoms with Crippen LogP contribution in [0, 0.1) is 0 Å². The standard InChI is InChI=1S/C24H28ClN5/c25-21-9-4-7-19(17-21)20-8-5-10-22(18-20)28-24-27-13-11-23(29-24)26-12-6-16-30-14-2-1-3-15-30/h4-5,7-11,13,17-18H,1-3,6,12,14-16H2,(H2,26,27,28,29). The van der Waals surface area contributed by atoms with Crippen LogP contribution in [0.1, 0.15) is 25.7 Å². The average Bonchev–Trinajstić information content (AvgIpc) is 2.78. The molecule has 0 bridgehead atoms. The third-order valence-corrected chi connectivity index (χ3v) is 5.57. The fraction of sp³-hybridized carbons (Fsp3) is 0.333. The maximum atomic E-state index is 6.13. The van der Waals surface area contributed by atoms with E-state index in [0.29, 0.717) is 5.95 Å². The van der Waals surface area contributed by atoms with Crippen LogP contribution in [0.5, 0.6) is 0 Å². The summed E-state index contributed by atoms with van der Waals surface area (Å²) >= 11 is 6.13. The van der Waals surface area contributed by atoms with E-state index in [9.17, 15) is 0 Å². The first-order valence-corrected chi connectivity index (χ1v) is 11.1. The maximum absolute atomic E-state index is 6.13. The fourth-order valence-electron chi connectivity index (χ4n) is 3.79. The highest BCUT2D eigenvalue weighted by Gasteiger charge is 2.09. The van der Waals surface area contributed by atoms with Gasteiger partial charge >= 0.3 is 0 Å². The Hall–Kier alpha value is -2.63. The zero-order valence-electron chi connectivity index (χ0n) is 17.1. The van der Waals surface area contributed by atoms with Gasteiger partial charge in [-0.25, -0.2) is 4.98 Å². The molecule has 3 aromatic rings. The molecule has 1 fully saturated rings. The number of halogens is 1. The molecule has 0 atom stereocenters. The van der Waals surface area contributed by atoms with Gasteiger partial charge in [0.2, 0.25) is 5.95 Å². The number of piperidine rings is 1. The van der Waals surface area contributed by atoms with Crippen LogP contribution in [0.15, 0.2) is 60.8 Å². The lowest BCUT2D eigenvalue weighted by atomic mass is 10.1. The summed E-state index contributed by atoms with van der Waals surface area (Å²) < 4.78 is 0. The molecule has 2 aromatic carbocycles. The Bertz CT molecular complexity index is 956. The zero-order chi connectivity index (χ0) is 20.6. The number of nitrogens with one attached hydrogen (secondary N) is 2. The van der Waals surface area contributed by atoms with Crippen molar-refractivity contribution in [2.45, 2.75) is 25.7 Å². The van der Waals surface area contributed by atoms with Gasteiger partial charge in [-0.2, -0.15) is 4.98 Å². The molecular weight excluding hydrogens is 394 g/mol.